The van der Waals surface area contributed by atoms with Crippen LogP contribution in [0.15, 0.2) is 48.5 Å². The predicted molar refractivity (Wildman–Crippen MR) is 88.0 cm³/mol. The van der Waals surface area contributed by atoms with E-state index in [1.54, 1.807) is 30.3 Å². The van der Waals surface area contributed by atoms with E-state index in [4.69, 9.17) is 16.2 Å². The van der Waals surface area contributed by atoms with Gasteiger partial charge in [-0.15, -0.1) is 0 Å². The molecule has 0 fully saturated rings. The standard InChI is InChI=1S/C18H12N2O3/c19-11-4-1-9(2-5-11)15-13-8-12(20)6-3-10(13)7-14-16(15)18(22)23-17(14)21/h1-8H,19-20H2. The molecule has 1 aliphatic heterocycles. The van der Waals surface area contributed by atoms with Crippen molar-refractivity contribution in [2.24, 2.45) is 0 Å². The van der Waals surface area contributed by atoms with E-state index in [2.05, 4.69) is 0 Å². The van der Waals surface area contributed by atoms with Crippen LogP contribution in [0.1, 0.15) is 20.7 Å². The number of carbonyl (C=O) groups excluding carboxylic acids is 2. The second-order valence-electron chi connectivity index (χ2n) is 5.45. The lowest BCUT2D eigenvalue weighted by molar-refractivity contribution is 0.0444. The van der Waals surface area contributed by atoms with Crippen LogP contribution in [-0.2, 0) is 4.74 Å². The van der Waals surface area contributed by atoms with Gasteiger partial charge in [0.2, 0.25) is 0 Å². The van der Waals surface area contributed by atoms with E-state index >= 15 is 0 Å². The molecule has 0 spiro atoms. The molecule has 112 valence electrons. The summed E-state index contributed by atoms with van der Waals surface area (Å²) < 4.78 is 4.79. The molecule has 1 heterocycles. The van der Waals surface area contributed by atoms with Gasteiger partial charge in [-0.2, -0.15) is 0 Å². The summed E-state index contributed by atoms with van der Waals surface area (Å²) in [6, 6.07) is 14.1. The maximum Gasteiger partial charge on any atom is 0.347 e. The van der Waals surface area contributed by atoms with Gasteiger partial charge in [0.15, 0.2) is 0 Å². The molecule has 0 saturated carbocycles. The number of cyclic esters (lactones) is 2. The highest BCUT2D eigenvalue weighted by Gasteiger charge is 2.34. The number of anilines is 2. The zero-order valence-corrected chi connectivity index (χ0v) is 12.0. The third-order valence-electron chi connectivity index (χ3n) is 3.97. The number of ether oxygens (including phenoxy) is 1. The van der Waals surface area contributed by atoms with Crippen LogP contribution < -0.4 is 11.5 Å². The lowest BCUT2D eigenvalue weighted by atomic mass is 9.90. The molecule has 5 nitrogen and oxygen atoms in total. The van der Waals surface area contributed by atoms with Crippen molar-refractivity contribution in [3.05, 3.63) is 59.7 Å². The summed E-state index contributed by atoms with van der Waals surface area (Å²) in [5.74, 6) is -1.26. The van der Waals surface area contributed by atoms with Gasteiger partial charge in [0.05, 0.1) is 11.1 Å². The predicted octanol–water partition coefficient (Wildman–Crippen LogP) is 2.98. The molecule has 3 aromatic carbocycles. The molecule has 3 aromatic rings. The fraction of sp³-hybridized carbons (Fsp3) is 0. The Morgan fingerprint density at radius 3 is 2.17 bits per heavy atom. The molecule has 0 aromatic heterocycles. The average Bonchev–Trinajstić information content (AvgIpc) is 2.81. The van der Waals surface area contributed by atoms with Crippen LogP contribution >= 0.6 is 0 Å². The maximum absolute atomic E-state index is 12.2. The van der Waals surface area contributed by atoms with Gasteiger partial charge in [-0.3, -0.25) is 0 Å². The molecule has 1 aliphatic rings. The summed E-state index contributed by atoms with van der Waals surface area (Å²) in [6.45, 7) is 0. The Morgan fingerprint density at radius 2 is 1.43 bits per heavy atom. The summed E-state index contributed by atoms with van der Waals surface area (Å²) in [6.07, 6.45) is 0. The smallest absolute Gasteiger partial charge is 0.347 e. The van der Waals surface area contributed by atoms with Crippen LogP contribution in [-0.4, -0.2) is 11.9 Å². The topological polar surface area (TPSA) is 95.4 Å². The number of nitrogen functional groups attached to an aromatic ring is 2. The summed E-state index contributed by atoms with van der Waals surface area (Å²) in [4.78, 5) is 24.1. The molecule has 0 saturated heterocycles. The lowest BCUT2D eigenvalue weighted by Gasteiger charge is -2.11. The van der Waals surface area contributed by atoms with E-state index in [1.807, 2.05) is 18.2 Å². The minimum Gasteiger partial charge on any atom is -0.399 e. The largest absolute Gasteiger partial charge is 0.399 e. The molecule has 23 heavy (non-hydrogen) atoms. The average molecular weight is 304 g/mol. The first kappa shape index (κ1) is 13.3. The SMILES string of the molecule is Nc1ccc(-c2c3c(cc4ccc(N)cc24)C(=O)OC3=O)cc1. The Hall–Kier alpha value is -3.34. The van der Waals surface area contributed by atoms with Gasteiger partial charge in [-0.25, -0.2) is 9.59 Å². The molecular formula is C18H12N2O3. The number of rotatable bonds is 1. The quantitative estimate of drug-likeness (QED) is 0.409. The third kappa shape index (κ3) is 1.94. The van der Waals surface area contributed by atoms with Crippen molar-refractivity contribution < 1.29 is 14.3 Å². The highest BCUT2D eigenvalue weighted by atomic mass is 16.6. The van der Waals surface area contributed by atoms with E-state index in [9.17, 15) is 9.59 Å². The minimum atomic E-state index is -0.638. The second kappa shape index (κ2) is 4.58. The Kier molecular flexibility index (Phi) is 2.65. The zero-order valence-electron chi connectivity index (χ0n) is 12.0. The fourth-order valence-electron chi connectivity index (χ4n) is 2.93. The Morgan fingerprint density at radius 1 is 0.739 bits per heavy atom. The van der Waals surface area contributed by atoms with Gasteiger partial charge in [0.1, 0.15) is 0 Å². The van der Waals surface area contributed by atoms with Crippen LogP contribution in [0.2, 0.25) is 0 Å². The first-order valence-electron chi connectivity index (χ1n) is 7.03. The molecule has 5 heteroatoms. The van der Waals surface area contributed by atoms with Crippen LogP contribution in [0.5, 0.6) is 0 Å². The van der Waals surface area contributed by atoms with E-state index in [-0.39, 0.29) is 11.1 Å². The van der Waals surface area contributed by atoms with Crippen molar-refractivity contribution in [3.63, 3.8) is 0 Å². The number of hydrogen-bond donors (Lipinski definition) is 2. The van der Waals surface area contributed by atoms with Crippen LogP contribution in [0.3, 0.4) is 0 Å². The van der Waals surface area contributed by atoms with Gasteiger partial charge >= 0.3 is 11.9 Å². The van der Waals surface area contributed by atoms with Crippen molar-refractivity contribution in [2.45, 2.75) is 0 Å². The van der Waals surface area contributed by atoms with Crippen LogP contribution in [0.25, 0.3) is 21.9 Å². The number of hydrogen-bond acceptors (Lipinski definition) is 5. The monoisotopic (exact) mass is 304 g/mol. The number of fused-ring (bicyclic) bond motifs is 2. The highest BCUT2D eigenvalue weighted by Crippen LogP contribution is 2.39. The van der Waals surface area contributed by atoms with Crippen LogP contribution in [0.4, 0.5) is 11.4 Å². The zero-order chi connectivity index (χ0) is 16.1. The number of carbonyl (C=O) groups is 2. The van der Waals surface area contributed by atoms with Crippen molar-refractivity contribution in [3.8, 4) is 11.1 Å². The lowest BCUT2D eigenvalue weighted by Crippen LogP contribution is -1.99. The first-order chi connectivity index (χ1) is 11.0. The van der Waals surface area contributed by atoms with Gasteiger partial charge in [0.25, 0.3) is 0 Å². The second-order valence-corrected chi connectivity index (χ2v) is 5.45. The van der Waals surface area contributed by atoms with Gasteiger partial charge < -0.3 is 16.2 Å². The van der Waals surface area contributed by atoms with Crippen molar-refractivity contribution in [1.29, 1.82) is 0 Å². The minimum absolute atomic E-state index is 0.276. The molecular weight excluding hydrogens is 292 g/mol. The molecule has 0 unspecified atom stereocenters. The van der Waals surface area contributed by atoms with Gasteiger partial charge in [-0.05, 0) is 46.7 Å². The molecule has 0 bridgehead atoms. The normalized spacial score (nSPS) is 13.2. The number of nitrogens with two attached hydrogens (primary N) is 2. The fourth-order valence-corrected chi connectivity index (χ4v) is 2.93. The van der Waals surface area contributed by atoms with Crippen molar-refractivity contribution in [1.82, 2.24) is 0 Å². The summed E-state index contributed by atoms with van der Waals surface area (Å²) in [5, 5.41) is 1.61. The van der Waals surface area contributed by atoms with Crippen LogP contribution in [0, 0.1) is 0 Å². The Balaban J connectivity index is 2.17. The van der Waals surface area contributed by atoms with E-state index in [1.165, 1.54) is 0 Å². The molecule has 0 atom stereocenters. The van der Waals surface area contributed by atoms with E-state index in [0.717, 1.165) is 16.3 Å². The summed E-state index contributed by atoms with van der Waals surface area (Å²) in [7, 11) is 0. The van der Waals surface area contributed by atoms with E-state index in [0.29, 0.717) is 16.9 Å². The maximum atomic E-state index is 12.2. The molecule has 0 aliphatic carbocycles. The third-order valence-corrected chi connectivity index (χ3v) is 3.97. The summed E-state index contributed by atoms with van der Waals surface area (Å²) in [5.41, 5.74) is 14.8. The Labute approximate surface area is 131 Å². The number of esters is 2. The first-order valence-corrected chi connectivity index (χ1v) is 7.03. The molecule has 0 amide bonds. The summed E-state index contributed by atoms with van der Waals surface area (Å²) >= 11 is 0. The van der Waals surface area contributed by atoms with Gasteiger partial charge in [0, 0.05) is 16.9 Å². The number of benzene rings is 3. The highest BCUT2D eigenvalue weighted by molar-refractivity contribution is 6.22. The Bertz CT molecular complexity index is 991. The molecule has 0 radical (unpaired) electrons. The van der Waals surface area contributed by atoms with Crippen molar-refractivity contribution in [2.75, 3.05) is 11.5 Å². The van der Waals surface area contributed by atoms with E-state index < -0.39 is 11.9 Å². The molecule has 4 N–H and O–H groups in total. The van der Waals surface area contributed by atoms with Gasteiger partial charge in [-0.1, -0.05) is 18.2 Å². The molecule has 4 rings (SSSR count). The van der Waals surface area contributed by atoms with Crippen molar-refractivity contribution >= 4 is 34.1 Å².